The van der Waals surface area contributed by atoms with E-state index in [9.17, 15) is 9.59 Å². The van der Waals surface area contributed by atoms with E-state index in [2.05, 4.69) is 17.4 Å². The SMILES string of the molecule is O=C(CCCn1c(=O)oc2ccccc21)Nc1ccc(SC2CCCC2)cc1. The number of rotatable bonds is 7. The number of aryl methyl sites for hydroxylation is 1. The van der Waals surface area contributed by atoms with Gasteiger partial charge >= 0.3 is 5.76 Å². The van der Waals surface area contributed by atoms with Crippen molar-refractivity contribution in [2.24, 2.45) is 0 Å². The number of amides is 1. The van der Waals surface area contributed by atoms with E-state index < -0.39 is 0 Å². The van der Waals surface area contributed by atoms with Gasteiger partial charge in [0.1, 0.15) is 0 Å². The number of thioether (sulfide) groups is 1. The van der Waals surface area contributed by atoms with Gasteiger partial charge in [0, 0.05) is 28.8 Å². The molecule has 1 N–H and O–H groups in total. The number of benzene rings is 2. The summed E-state index contributed by atoms with van der Waals surface area (Å²) in [6.07, 6.45) is 6.21. The number of nitrogens with one attached hydrogen (secondary N) is 1. The van der Waals surface area contributed by atoms with Gasteiger partial charge in [-0.05, 0) is 55.7 Å². The summed E-state index contributed by atoms with van der Waals surface area (Å²) >= 11 is 1.94. The molecule has 1 heterocycles. The molecule has 1 saturated carbocycles. The Morgan fingerprint density at radius 2 is 1.86 bits per heavy atom. The lowest BCUT2D eigenvalue weighted by Gasteiger charge is -2.10. The number of anilines is 1. The number of carbonyl (C=O) groups excluding carboxylic acids is 1. The molecule has 0 spiro atoms. The molecule has 4 rings (SSSR count). The molecule has 0 bridgehead atoms. The van der Waals surface area contributed by atoms with E-state index in [4.69, 9.17) is 4.42 Å². The third kappa shape index (κ3) is 4.50. The Bertz CT molecular complexity index is 1000. The molecule has 2 aromatic carbocycles. The van der Waals surface area contributed by atoms with Crippen LogP contribution in [-0.2, 0) is 11.3 Å². The van der Waals surface area contributed by atoms with Gasteiger partial charge in [0.25, 0.3) is 0 Å². The highest BCUT2D eigenvalue weighted by Crippen LogP contribution is 2.34. The molecule has 0 unspecified atom stereocenters. The number of carbonyl (C=O) groups is 1. The van der Waals surface area contributed by atoms with Crippen molar-refractivity contribution in [3.63, 3.8) is 0 Å². The van der Waals surface area contributed by atoms with Gasteiger partial charge in [0.2, 0.25) is 5.91 Å². The van der Waals surface area contributed by atoms with Crippen molar-refractivity contribution in [3.05, 3.63) is 59.1 Å². The predicted molar refractivity (Wildman–Crippen MR) is 113 cm³/mol. The van der Waals surface area contributed by atoms with Gasteiger partial charge in [-0.15, -0.1) is 11.8 Å². The van der Waals surface area contributed by atoms with Crippen molar-refractivity contribution in [3.8, 4) is 0 Å². The first-order valence-corrected chi connectivity index (χ1v) is 10.7. The highest BCUT2D eigenvalue weighted by Gasteiger charge is 2.16. The largest absolute Gasteiger partial charge is 0.419 e. The molecule has 1 fully saturated rings. The zero-order valence-electron chi connectivity index (χ0n) is 15.7. The zero-order valence-corrected chi connectivity index (χ0v) is 16.5. The number of hydrogen-bond donors (Lipinski definition) is 1. The molecule has 1 aliphatic rings. The molecule has 6 heteroatoms. The van der Waals surface area contributed by atoms with Crippen LogP contribution in [0.2, 0.25) is 0 Å². The lowest BCUT2D eigenvalue weighted by molar-refractivity contribution is -0.116. The molecule has 0 saturated heterocycles. The van der Waals surface area contributed by atoms with Crippen LogP contribution >= 0.6 is 11.8 Å². The standard InChI is InChI=1S/C22H24N2O3S/c25-21(10-5-15-24-19-8-3-4-9-20(19)27-22(24)26)23-16-11-13-18(14-12-16)28-17-6-1-2-7-17/h3-4,8-9,11-14,17H,1-2,5-7,10,15H2,(H,23,25). The summed E-state index contributed by atoms with van der Waals surface area (Å²) in [5.74, 6) is -0.422. The average Bonchev–Trinajstić information content (AvgIpc) is 3.31. The van der Waals surface area contributed by atoms with E-state index >= 15 is 0 Å². The van der Waals surface area contributed by atoms with Crippen LogP contribution in [0, 0.1) is 0 Å². The lowest BCUT2D eigenvalue weighted by Crippen LogP contribution is -2.17. The number of para-hydroxylation sites is 2. The first-order chi connectivity index (χ1) is 13.7. The predicted octanol–water partition coefficient (Wildman–Crippen LogP) is 5.05. The minimum atomic E-state index is -0.378. The van der Waals surface area contributed by atoms with E-state index in [1.807, 2.05) is 42.1 Å². The van der Waals surface area contributed by atoms with Gasteiger partial charge in [-0.1, -0.05) is 25.0 Å². The van der Waals surface area contributed by atoms with Gasteiger partial charge in [-0.3, -0.25) is 9.36 Å². The van der Waals surface area contributed by atoms with E-state index in [0.29, 0.717) is 25.0 Å². The first kappa shape index (κ1) is 18.9. The maximum Gasteiger partial charge on any atom is 0.419 e. The second-order valence-corrected chi connectivity index (χ2v) is 8.56. The van der Waals surface area contributed by atoms with Crippen molar-refractivity contribution >= 4 is 34.5 Å². The average molecular weight is 397 g/mol. The van der Waals surface area contributed by atoms with Crippen molar-refractivity contribution < 1.29 is 9.21 Å². The Morgan fingerprint density at radius 3 is 2.64 bits per heavy atom. The van der Waals surface area contributed by atoms with Crippen LogP contribution in [0.25, 0.3) is 11.1 Å². The number of fused-ring (bicyclic) bond motifs is 1. The normalized spacial score (nSPS) is 14.6. The lowest BCUT2D eigenvalue weighted by atomic mass is 10.2. The van der Waals surface area contributed by atoms with Crippen LogP contribution in [0.5, 0.6) is 0 Å². The molecule has 1 aliphatic carbocycles. The van der Waals surface area contributed by atoms with Crippen molar-refractivity contribution in [2.45, 2.75) is 55.2 Å². The Hall–Kier alpha value is -2.47. The van der Waals surface area contributed by atoms with Crippen molar-refractivity contribution in [1.82, 2.24) is 4.57 Å². The quantitative estimate of drug-likeness (QED) is 0.607. The van der Waals surface area contributed by atoms with Crippen LogP contribution in [-0.4, -0.2) is 15.7 Å². The number of aromatic nitrogens is 1. The Labute approximate surface area is 168 Å². The molecular formula is C22H24N2O3S. The van der Waals surface area contributed by atoms with E-state index in [0.717, 1.165) is 16.5 Å². The Balaban J connectivity index is 1.27. The minimum Gasteiger partial charge on any atom is -0.408 e. The minimum absolute atomic E-state index is 0.0444. The third-order valence-corrected chi connectivity index (χ3v) is 6.45. The van der Waals surface area contributed by atoms with Crippen LogP contribution in [0.3, 0.4) is 0 Å². The second kappa shape index (κ2) is 8.69. The first-order valence-electron chi connectivity index (χ1n) is 9.84. The Kier molecular flexibility index (Phi) is 5.86. The molecule has 0 radical (unpaired) electrons. The molecule has 5 nitrogen and oxygen atoms in total. The van der Waals surface area contributed by atoms with E-state index in [1.54, 1.807) is 10.6 Å². The highest BCUT2D eigenvalue weighted by molar-refractivity contribution is 8.00. The topological polar surface area (TPSA) is 64.2 Å². The number of hydrogen-bond acceptors (Lipinski definition) is 4. The fourth-order valence-electron chi connectivity index (χ4n) is 3.66. The smallest absolute Gasteiger partial charge is 0.408 e. The summed E-state index contributed by atoms with van der Waals surface area (Å²) in [5.41, 5.74) is 2.16. The van der Waals surface area contributed by atoms with Crippen molar-refractivity contribution in [2.75, 3.05) is 5.32 Å². The van der Waals surface area contributed by atoms with Gasteiger partial charge in [0.15, 0.2) is 5.58 Å². The molecule has 1 amide bonds. The second-order valence-electron chi connectivity index (χ2n) is 7.19. The molecule has 1 aromatic heterocycles. The molecule has 28 heavy (non-hydrogen) atoms. The summed E-state index contributed by atoms with van der Waals surface area (Å²) in [7, 11) is 0. The van der Waals surface area contributed by atoms with Crippen LogP contribution in [0.1, 0.15) is 38.5 Å². The van der Waals surface area contributed by atoms with Crippen LogP contribution < -0.4 is 11.1 Å². The third-order valence-electron chi connectivity index (χ3n) is 5.10. The molecule has 146 valence electrons. The zero-order chi connectivity index (χ0) is 19.3. The van der Waals surface area contributed by atoms with Crippen LogP contribution in [0.4, 0.5) is 5.69 Å². The van der Waals surface area contributed by atoms with Crippen molar-refractivity contribution in [1.29, 1.82) is 0 Å². The van der Waals surface area contributed by atoms with Gasteiger partial charge in [-0.2, -0.15) is 0 Å². The van der Waals surface area contributed by atoms with E-state index in [-0.39, 0.29) is 11.7 Å². The fourth-order valence-corrected chi connectivity index (χ4v) is 4.91. The molecular weight excluding hydrogens is 372 g/mol. The number of oxazole rings is 1. The Morgan fingerprint density at radius 1 is 1.11 bits per heavy atom. The summed E-state index contributed by atoms with van der Waals surface area (Å²) < 4.78 is 6.80. The number of nitrogens with zero attached hydrogens (tertiary/aromatic N) is 1. The summed E-state index contributed by atoms with van der Waals surface area (Å²) in [4.78, 5) is 25.4. The maximum atomic E-state index is 12.2. The summed E-state index contributed by atoms with van der Waals surface area (Å²) in [6, 6.07) is 15.4. The van der Waals surface area contributed by atoms with Gasteiger partial charge in [-0.25, -0.2) is 4.79 Å². The summed E-state index contributed by atoms with van der Waals surface area (Å²) in [6.45, 7) is 0.459. The highest BCUT2D eigenvalue weighted by atomic mass is 32.2. The fraction of sp³-hybridized carbons (Fsp3) is 0.364. The molecule has 0 aliphatic heterocycles. The van der Waals surface area contributed by atoms with E-state index in [1.165, 1.54) is 30.6 Å². The monoisotopic (exact) mass is 396 g/mol. The van der Waals surface area contributed by atoms with Gasteiger partial charge in [0.05, 0.1) is 5.52 Å². The van der Waals surface area contributed by atoms with Crippen LogP contribution in [0.15, 0.2) is 62.6 Å². The van der Waals surface area contributed by atoms with Gasteiger partial charge < -0.3 is 9.73 Å². The molecule has 0 atom stereocenters. The maximum absolute atomic E-state index is 12.2. The molecule has 3 aromatic rings. The summed E-state index contributed by atoms with van der Waals surface area (Å²) in [5, 5.41) is 3.67.